The maximum Gasteiger partial charge on any atom is 0.128 e. The van der Waals surface area contributed by atoms with Gasteiger partial charge >= 0.3 is 0 Å². The Labute approximate surface area is 108 Å². The number of allylic oxidation sites excluding steroid dienone is 1. The third kappa shape index (κ3) is 3.33. The molecule has 2 rings (SSSR count). The lowest BCUT2D eigenvalue weighted by atomic mass is 10.00. The highest BCUT2D eigenvalue weighted by atomic mass is 19.1. The average molecular weight is 248 g/mol. The SMILES string of the molecule is CN(C)Cc1ccc(C2CCCC=CN2)cc1F. The lowest BCUT2D eigenvalue weighted by Gasteiger charge is -2.18. The summed E-state index contributed by atoms with van der Waals surface area (Å²) in [4.78, 5) is 1.98. The zero-order valence-corrected chi connectivity index (χ0v) is 11.1. The van der Waals surface area contributed by atoms with Crippen LogP contribution in [-0.2, 0) is 6.54 Å². The van der Waals surface area contributed by atoms with Crippen molar-refractivity contribution in [1.29, 1.82) is 0 Å². The van der Waals surface area contributed by atoms with E-state index in [0.29, 0.717) is 6.54 Å². The van der Waals surface area contributed by atoms with E-state index in [1.54, 1.807) is 6.07 Å². The molecule has 0 amide bonds. The zero-order valence-electron chi connectivity index (χ0n) is 11.1. The molecule has 3 heteroatoms. The fourth-order valence-corrected chi connectivity index (χ4v) is 2.30. The molecule has 0 radical (unpaired) electrons. The fraction of sp³-hybridized carbons (Fsp3) is 0.467. The van der Waals surface area contributed by atoms with Gasteiger partial charge in [-0.05, 0) is 51.2 Å². The van der Waals surface area contributed by atoms with Gasteiger partial charge in [0, 0.05) is 12.1 Å². The van der Waals surface area contributed by atoms with Crippen molar-refractivity contribution in [2.45, 2.75) is 31.8 Å². The van der Waals surface area contributed by atoms with Crippen molar-refractivity contribution in [2.24, 2.45) is 0 Å². The molecule has 18 heavy (non-hydrogen) atoms. The Balaban J connectivity index is 2.14. The molecule has 0 aromatic heterocycles. The molecule has 0 fully saturated rings. The molecule has 1 atom stereocenters. The minimum absolute atomic E-state index is 0.101. The zero-order chi connectivity index (χ0) is 13.0. The quantitative estimate of drug-likeness (QED) is 0.883. The molecule has 0 bridgehead atoms. The van der Waals surface area contributed by atoms with E-state index in [1.807, 2.05) is 37.3 Å². The topological polar surface area (TPSA) is 15.3 Å². The Bertz CT molecular complexity index is 427. The van der Waals surface area contributed by atoms with Gasteiger partial charge in [-0.2, -0.15) is 0 Å². The number of hydrogen-bond donors (Lipinski definition) is 1. The van der Waals surface area contributed by atoms with E-state index in [4.69, 9.17) is 0 Å². The van der Waals surface area contributed by atoms with Gasteiger partial charge in [0.1, 0.15) is 5.82 Å². The summed E-state index contributed by atoms with van der Waals surface area (Å²) in [5.74, 6) is -0.101. The van der Waals surface area contributed by atoms with Crippen LogP contribution in [0.5, 0.6) is 0 Å². The van der Waals surface area contributed by atoms with E-state index >= 15 is 0 Å². The van der Waals surface area contributed by atoms with E-state index in [9.17, 15) is 4.39 Å². The average Bonchev–Trinajstić information content (AvgIpc) is 2.60. The van der Waals surface area contributed by atoms with E-state index < -0.39 is 0 Å². The molecule has 0 saturated heterocycles. The predicted molar refractivity (Wildman–Crippen MR) is 72.7 cm³/mol. The van der Waals surface area contributed by atoms with Crippen molar-refractivity contribution in [2.75, 3.05) is 14.1 Å². The van der Waals surface area contributed by atoms with Crippen LogP contribution in [0.3, 0.4) is 0 Å². The summed E-state index contributed by atoms with van der Waals surface area (Å²) in [5, 5.41) is 3.33. The second-order valence-corrected chi connectivity index (χ2v) is 5.14. The van der Waals surface area contributed by atoms with Crippen LogP contribution in [0, 0.1) is 5.82 Å². The van der Waals surface area contributed by atoms with Crippen molar-refractivity contribution in [3.8, 4) is 0 Å². The summed E-state index contributed by atoms with van der Waals surface area (Å²) in [6.07, 6.45) is 7.43. The Morgan fingerprint density at radius 1 is 1.39 bits per heavy atom. The summed E-state index contributed by atoms with van der Waals surface area (Å²) in [5.41, 5.74) is 1.80. The summed E-state index contributed by atoms with van der Waals surface area (Å²) in [7, 11) is 3.90. The minimum Gasteiger partial charge on any atom is -0.384 e. The fourth-order valence-electron chi connectivity index (χ4n) is 2.30. The molecule has 1 N–H and O–H groups in total. The third-order valence-corrected chi connectivity index (χ3v) is 3.24. The van der Waals surface area contributed by atoms with Crippen LogP contribution in [0.4, 0.5) is 4.39 Å². The number of rotatable bonds is 3. The summed E-state index contributed by atoms with van der Waals surface area (Å²) >= 11 is 0. The normalized spacial score (nSPS) is 19.7. The van der Waals surface area contributed by atoms with Gasteiger partial charge in [-0.25, -0.2) is 4.39 Å². The molecule has 1 heterocycles. The Hall–Kier alpha value is -1.35. The summed E-state index contributed by atoms with van der Waals surface area (Å²) in [6.45, 7) is 0.643. The third-order valence-electron chi connectivity index (χ3n) is 3.24. The number of hydrogen-bond acceptors (Lipinski definition) is 2. The largest absolute Gasteiger partial charge is 0.384 e. The van der Waals surface area contributed by atoms with Gasteiger partial charge in [-0.15, -0.1) is 0 Å². The maximum atomic E-state index is 14.0. The lowest BCUT2D eigenvalue weighted by Crippen LogP contribution is -2.16. The van der Waals surface area contributed by atoms with Crippen LogP contribution in [0.2, 0.25) is 0 Å². The van der Waals surface area contributed by atoms with Gasteiger partial charge in [0.25, 0.3) is 0 Å². The Morgan fingerprint density at radius 3 is 2.94 bits per heavy atom. The van der Waals surface area contributed by atoms with Gasteiger partial charge in [-0.1, -0.05) is 18.2 Å². The first-order valence-corrected chi connectivity index (χ1v) is 6.51. The van der Waals surface area contributed by atoms with Crippen molar-refractivity contribution in [3.63, 3.8) is 0 Å². The van der Waals surface area contributed by atoms with E-state index in [0.717, 1.165) is 30.4 Å². The summed E-state index contributed by atoms with van der Waals surface area (Å²) < 4.78 is 14.0. The molecular formula is C15H21FN2. The predicted octanol–water partition coefficient (Wildman–Crippen LogP) is 3.22. The van der Waals surface area contributed by atoms with E-state index in [1.165, 1.54) is 0 Å². The smallest absolute Gasteiger partial charge is 0.128 e. The highest BCUT2D eigenvalue weighted by Crippen LogP contribution is 2.23. The monoisotopic (exact) mass is 248 g/mol. The van der Waals surface area contributed by atoms with Gasteiger partial charge in [0.15, 0.2) is 0 Å². The van der Waals surface area contributed by atoms with Crippen molar-refractivity contribution < 1.29 is 4.39 Å². The van der Waals surface area contributed by atoms with Gasteiger partial charge < -0.3 is 10.2 Å². The molecule has 1 aromatic carbocycles. The molecule has 1 aliphatic heterocycles. The number of nitrogens with zero attached hydrogens (tertiary/aromatic N) is 1. The van der Waals surface area contributed by atoms with Crippen molar-refractivity contribution in [3.05, 3.63) is 47.4 Å². The molecule has 98 valence electrons. The maximum absolute atomic E-state index is 14.0. The van der Waals surface area contributed by atoms with Crippen LogP contribution in [0.25, 0.3) is 0 Å². The molecule has 1 unspecified atom stereocenters. The first kappa shape index (κ1) is 13.1. The second-order valence-electron chi connectivity index (χ2n) is 5.14. The highest BCUT2D eigenvalue weighted by molar-refractivity contribution is 5.27. The number of halogens is 1. The molecular weight excluding hydrogens is 227 g/mol. The Morgan fingerprint density at radius 2 is 2.22 bits per heavy atom. The van der Waals surface area contributed by atoms with Gasteiger partial charge in [0.2, 0.25) is 0 Å². The Kier molecular flexibility index (Phi) is 4.37. The van der Waals surface area contributed by atoms with Gasteiger partial charge in [0.05, 0.1) is 6.04 Å². The second kappa shape index (κ2) is 6.01. The van der Waals surface area contributed by atoms with Crippen LogP contribution in [0.15, 0.2) is 30.5 Å². The minimum atomic E-state index is -0.101. The molecule has 1 aliphatic rings. The first-order chi connectivity index (χ1) is 8.66. The standard InChI is InChI=1S/C15H21FN2/c1-18(2)11-13-8-7-12(10-14(13)16)15-6-4-3-5-9-17-15/h5,7-10,15,17H,3-4,6,11H2,1-2H3. The molecule has 0 aliphatic carbocycles. The number of benzene rings is 1. The van der Waals surface area contributed by atoms with Gasteiger partial charge in [-0.3, -0.25) is 0 Å². The van der Waals surface area contributed by atoms with Crippen LogP contribution >= 0.6 is 0 Å². The van der Waals surface area contributed by atoms with E-state index in [-0.39, 0.29) is 11.9 Å². The molecule has 0 saturated carbocycles. The van der Waals surface area contributed by atoms with Crippen molar-refractivity contribution in [1.82, 2.24) is 10.2 Å². The molecule has 0 spiro atoms. The summed E-state index contributed by atoms with van der Waals surface area (Å²) in [6, 6.07) is 5.86. The molecule has 2 nitrogen and oxygen atoms in total. The first-order valence-electron chi connectivity index (χ1n) is 6.51. The van der Waals surface area contributed by atoms with E-state index in [2.05, 4.69) is 11.4 Å². The van der Waals surface area contributed by atoms with Crippen molar-refractivity contribution >= 4 is 0 Å². The number of nitrogens with one attached hydrogen (secondary N) is 1. The van der Waals surface area contributed by atoms with Crippen LogP contribution in [0.1, 0.15) is 36.4 Å². The molecule has 1 aromatic rings. The lowest BCUT2D eigenvalue weighted by molar-refractivity contribution is 0.392. The highest BCUT2D eigenvalue weighted by Gasteiger charge is 2.13. The van der Waals surface area contributed by atoms with Crippen LogP contribution < -0.4 is 5.32 Å². The van der Waals surface area contributed by atoms with Crippen LogP contribution in [-0.4, -0.2) is 19.0 Å².